The number of ether oxygens (including phenoxy) is 2. The Balaban J connectivity index is 1.36. The molecule has 0 radical (unpaired) electrons. The van der Waals surface area contributed by atoms with Crippen LogP contribution >= 0.6 is 45.2 Å². The number of hydrogen-bond donors (Lipinski definition) is 0. The fourth-order valence-electron chi connectivity index (χ4n) is 2.90. The van der Waals surface area contributed by atoms with E-state index in [1.54, 1.807) is 48.5 Å². The van der Waals surface area contributed by atoms with Crippen molar-refractivity contribution < 1.29 is 27.9 Å². The highest BCUT2D eigenvalue weighted by Gasteiger charge is 2.27. The van der Waals surface area contributed by atoms with Gasteiger partial charge in [0.2, 0.25) is 11.8 Å². The third-order valence-electron chi connectivity index (χ3n) is 4.37. The van der Waals surface area contributed by atoms with Gasteiger partial charge in [-0.05, 0) is 93.7 Å². The molecule has 1 aromatic carbocycles. The first-order chi connectivity index (χ1) is 15.4. The molecule has 10 heteroatoms. The Bertz CT molecular complexity index is 1270. The largest absolute Gasteiger partial charge is 0.451 e. The molecule has 158 valence electrons. The van der Waals surface area contributed by atoms with E-state index in [0.717, 1.165) is 0 Å². The molecule has 0 saturated heterocycles. The molecule has 0 N–H and O–H groups in total. The number of nitrogens with zero attached hydrogens (tertiary/aromatic N) is 2. The molecule has 3 aromatic rings. The molecule has 0 saturated carbocycles. The predicted molar refractivity (Wildman–Crippen MR) is 131 cm³/mol. The van der Waals surface area contributed by atoms with Crippen molar-refractivity contribution in [1.82, 2.24) is 0 Å². The molecule has 0 unspecified atom stereocenters. The van der Waals surface area contributed by atoms with Crippen molar-refractivity contribution in [1.29, 1.82) is 0 Å². The summed E-state index contributed by atoms with van der Waals surface area (Å²) >= 11 is 4.07. The van der Waals surface area contributed by atoms with Gasteiger partial charge < -0.3 is 18.3 Å². The summed E-state index contributed by atoms with van der Waals surface area (Å²) in [6.07, 6.45) is 3.04. The van der Waals surface area contributed by atoms with Crippen molar-refractivity contribution >= 4 is 81.1 Å². The molecule has 0 spiro atoms. The Labute approximate surface area is 208 Å². The molecule has 0 bridgehead atoms. The van der Waals surface area contributed by atoms with Crippen LogP contribution in [0.4, 0.5) is 0 Å². The van der Waals surface area contributed by atoms with Crippen LogP contribution in [0, 0.1) is 7.53 Å². The van der Waals surface area contributed by atoms with E-state index in [2.05, 4.69) is 9.98 Å². The van der Waals surface area contributed by atoms with Gasteiger partial charge in [0.1, 0.15) is 11.5 Å². The van der Waals surface area contributed by atoms with Crippen LogP contribution in [-0.2, 0) is 19.1 Å². The van der Waals surface area contributed by atoms with Gasteiger partial charge in [0.15, 0.2) is 18.9 Å². The first-order valence-corrected chi connectivity index (χ1v) is 11.3. The van der Waals surface area contributed by atoms with Crippen molar-refractivity contribution in [3.05, 3.63) is 90.1 Å². The molecule has 0 amide bonds. The molecule has 2 aromatic heterocycles. The van der Waals surface area contributed by atoms with Crippen LogP contribution in [0.3, 0.4) is 0 Å². The lowest BCUT2D eigenvalue weighted by Crippen LogP contribution is -2.07. The SMILES string of the molecule is O=C1OC(c2ccc(C3=NC(=Cc4ccc(I)o4)C(=O)O3)cc2)=NC1=Cc1ccc(I)o1. The van der Waals surface area contributed by atoms with Crippen LogP contribution in [0.5, 0.6) is 0 Å². The first-order valence-electron chi connectivity index (χ1n) is 9.11. The molecule has 0 atom stereocenters. The van der Waals surface area contributed by atoms with Gasteiger partial charge in [-0.15, -0.1) is 0 Å². The molecule has 5 rings (SSSR count). The zero-order valence-corrected chi connectivity index (χ0v) is 20.2. The number of cyclic esters (lactones) is 2. The Morgan fingerprint density at radius 3 is 1.38 bits per heavy atom. The predicted octanol–water partition coefficient (Wildman–Crippen LogP) is 4.77. The molecule has 0 aliphatic carbocycles. The van der Waals surface area contributed by atoms with E-state index in [1.807, 2.05) is 45.2 Å². The number of furan rings is 2. The summed E-state index contributed by atoms with van der Waals surface area (Å²) in [6, 6.07) is 13.9. The van der Waals surface area contributed by atoms with E-state index in [0.29, 0.717) is 30.2 Å². The first kappa shape index (κ1) is 20.9. The summed E-state index contributed by atoms with van der Waals surface area (Å²) in [6.45, 7) is 0. The zero-order valence-electron chi connectivity index (χ0n) is 15.9. The lowest BCUT2D eigenvalue weighted by atomic mass is 10.1. The maximum atomic E-state index is 12.1. The van der Waals surface area contributed by atoms with Gasteiger partial charge in [0.25, 0.3) is 0 Å². The molecular formula is C22H10I2N2O6. The minimum atomic E-state index is -0.563. The minimum Gasteiger partial charge on any atom is -0.451 e. The lowest BCUT2D eigenvalue weighted by molar-refractivity contribution is -0.130. The maximum Gasteiger partial charge on any atom is 0.363 e. The highest BCUT2D eigenvalue weighted by molar-refractivity contribution is 14.1. The Kier molecular flexibility index (Phi) is 5.55. The van der Waals surface area contributed by atoms with Gasteiger partial charge in [-0.3, -0.25) is 0 Å². The molecule has 2 aliphatic heterocycles. The highest BCUT2D eigenvalue weighted by atomic mass is 127. The average Bonchev–Trinajstić information content (AvgIpc) is 3.54. The topological polar surface area (TPSA) is 104 Å². The van der Waals surface area contributed by atoms with Crippen molar-refractivity contribution in [3.63, 3.8) is 0 Å². The van der Waals surface area contributed by atoms with Gasteiger partial charge in [-0.2, -0.15) is 0 Å². The Morgan fingerprint density at radius 2 is 1.03 bits per heavy atom. The van der Waals surface area contributed by atoms with E-state index >= 15 is 0 Å². The number of benzene rings is 1. The maximum absolute atomic E-state index is 12.1. The molecule has 0 fully saturated rings. The summed E-state index contributed by atoms with van der Waals surface area (Å²) in [5.41, 5.74) is 1.47. The molecule has 2 aliphatic rings. The van der Waals surface area contributed by atoms with Crippen LogP contribution < -0.4 is 0 Å². The number of hydrogen-bond acceptors (Lipinski definition) is 8. The summed E-state index contributed by atoms with van der Waals surface area (Å²) in [4.78, 5) is 32.8. The van der Waals surface area contributed by atoms with Gasteiger partial charge in [0.05, 0.1) is 0 Å². The number of rotatable bonds is 4. The van der Waals surface area contributed by atoms with Crippen molar-refractivity contribution in [2.75, 3.05) is 0 Å². The highest BCUT2D eigenvalue weighted by Crippen LogP contribution is 2.23. The van der Waals surface area contributed by atoms with Crippen LogP contribution in [0.25, 0.3) is 12.2 Å². The molecule has 4 heterocycles. The normalized spacial score (nSPS) is 18.2. The monoisotopic (exact) mass is 652 g/mol. The van der Waals surface area contributed by atoms with E-state index < -0.39 is 11.9 Å². The number of carbonyl (C=O) groups is 2. The quantitative estimate of drug-likeness (QED) is 0.229. The Hall–Kier alpha value is -3.00. The van der Waals surface area contributed by atoms with Crippen LogP contribution in [-0.4, -0.2) is 23.7 Å². The summed E-state index contributed by atoms with van der Waals surface area (Å²) in [5.74, 6) is 0.241. The van der Waals surface area contributed by atoms with Gasteiger partial charge in [-0.25, -0.2) is 19.6 Å². The summed E-state index contributed by atoms with van der Waals surface area (Å²) in [7, 11) is 0. The van der Waals surface area contributed by atoms with Crippen LogP contribution in [0.2, 0.25) is 0 Å². The van der Waals surface area contributed by atoms with Crippen molar-refractivity contribution in [3.8, 4) is 0 Å². The standard InChI is InChI=1S/C22H10I2N2O6/c23-17-7-5-13(29-17)9-15-21(27)31-19(25-15)11-1-2-12(4-3-11)20-26-16(22(28)32-20)10-14-6-8-18(24)30-14/h1-10H. The number of carbonyl (C=O) groups excluding carboxylic acids is 2. The fourth-order valence-corrected chi connectivity index (χ4v) is 3.77. The number of aliphatic imine (C=N–C) groups is 2. The van der Waals surface area contributed by atoms with Crippen LogP contribution in [0.1, 0.15) is 22.6 Å². The van der Waals surface area contributed by atoms with Crippen molar-refractivity contribution in [2.45, 2.75) is 0 Å². The van der Waals surface area contributed by atoms with E-state index in [1.165, 1.54) is 12.2 Å². The Morgan fingerprint density at radius 1 is 0.625 bits per heavy atom. The number of esters is 2. The second kappa shape index (κ2) is 8.50. The minimum absolute atomic E-state index is 0.145. The van der Waals surface area contributed by atoms with Gasteiger partial charge >= 0.3 is 11.9 Å². The van der Waals surface area contributed by atoms with Crippen molar-refractivity contribution in [2.24, 2.45) is 9.98 Å². The third kappa shape index (κ3) is 4.32. The summed E-state index contributed by atoms with van der Waals surface area (Å²) < 4.78 is 22.8. The summed E-state index contributed by atoms with van der Waals surface area (Å²) in [5, 5.41) is 0. The average molecular weight is 652 g/mol. The molecule has 8 nitrogen and oxygen atoms in total. The van der Waals surface area contributed by atoms with E-state index in [-0.39, 0.29) is 23.2 Å². The second-order valence-electron chi connectivity index (χ2n) is 6.53. The van der Waals surface area contributed by atoms with Crippen LogP contribution in [0.15, 0.2) is 78.7 Å². The van der Waals surface area contributed by atoms with Gasteiger partial charge in [-0.1, -0.05) is 0 Å². The zero-order chi connectivity index (χ0) is 22.2. The smallest absolute Gasteiger partial charge is 0.363 e. The fraction of sp³-hybridized carbons (Fsp3) is 0. The van der Waals surface area contributed by atoms with E-state index in [9.17, 15) is 9.59 Å². The van der Waals surface area contributed by atoms with E-state index in [4.69, 9.17) is 18.3 Å². The number of halogens is 2. The van der Waals surface area contributed by atoms with Gasteiger partial charge in [0, 0.05) is 23.3 Å². The lowest BCUT2D eigenvalue weighted by Gasteiger charge is -2.02. The molecular weight excluding hydrogens is 642 g/mol. The third-order valence-corrected chi connectivity index (χ3v) is 5.53. The molecule has 32 heavy (non-hydrogen) atoms. The second-order valence-corrected chi connectivity index (χ2v) is 8.66.